The van der Waals surface area contributed by atoms with E-state index in [1.807, 2.05) is 18.3 Å². The SMILES string of the molecule is Oc1ccc2c(COc3ccccc3O)c[nH]c2c1. The molecule has 4 heteroatoms. The molecule has 1 heterocycles. The van der Waals surface area contributed by atoms with Gasteiger partial charge in [0.1, 0.15) is 12.4 Å². The molecular formula is C15H13NO3. The molecule has 1 aromatic heterocycles. The van der Waals surface area contributed by atoms with Crippen LogP contribution in [0.2, 0.25) is 0 Å². The van der Waals surface area contributed by atoms with Crippen LogP contribution in [0.1, 0.15) is 5.56 Å². The van der Waals surface area contributed by atoms with Crippen molar-refractivity contribution in [1.29, 1.82) is 0 Å². The van der Waals surface area contributed by atoms with Crippen LogP contribution in [0.25, 0.3) is 10.9 Å². The number of hydrogen-bond donors (Lipinski definition) is 3. The lowest BCUT2D eigenvalue weighted by molar-refractivity contribution is 0.290. The summed E-state index contributed by atoms with van der Waals surface area (Å²) in [6.45, 7) is 0.350. The predicted octanol–water partition coefficient (Wildman–Crippen LogP) is 3.16. The number of aromatic nitrogens is 1. The van der Waals surface area contributed by atoms with Gasteiger partial charge in [0.25, 0.3) is 0 Å². The summed E-state index contributed by atoms with van der Waals surface area (Å²) in [6, 6.07) is 12.0. The van der Waals surface area contributed by atoms with Gasteiger partial charge in [0.05, 0.1) is 0 Å². The zero-order valence-corrected chi connectivity index (χ0v) is 10.1. The molecule has 0 saturated heterocycles. The first-order valence-corrected chi connectivity index (χ1v) is 5.94. The number of aromatic hydroxyl groups is 2. The number of H-pyrrole nitrogens is 1. The van der Waals surface area contributed by atoms with Crippen molar-refractivity contribution in [3.05, 3.63) is 54.2 Å². The molecule has 0 aliphatic rings. The lowest BCUT2D eigenvalue weighted by atomic mass is 10.2. The summed E-state index contributed by atoms with van der Waals surface area (Å²) in [7, 11) is 0. The van der Waals surface area contributed by atoms with E-state index in [1.165, 1.54) is 0 Å². The van der Waals surface area contributed by atoms with Crippen LogP contribution in [-0.2, 0) is 6.61 Å². The summed E-state index contributed by atoms with van der Waals surface area (Å²) in [5, 5.41) is 20.0. The highest BCUT2D eigenvalue weighted by atomic mass is 16.5. The number of hydrogen-bond acceptors (Lipinski definition) is 3. The van der Waals surface area contributed by atoms with Crippen LogP contribution in [0.5, 0.6) is 17.2 Å². The van der Waals surface area contributed by atoms with Gasteiger partial charge >= 0.3 is 0 Å². The third kappa shape index (κ3) is 2.20. The van der Waals surface area contributed by atoms with Gasteiger partial charge in [0.15, 0.2) is 11.5 Å². The molecule has 0 saturated carbocycles. The smallest absolute Gasteiger partial charge is 0.161 e. The molecule has 4 nitrogen and oxygen atoms in total. The number of nitrogens with one attached hydrogen (secondary N) is 1. The van der Waals surface area contributed by atoms with Crippen molar-refractivity contribution in [2.45, 2.75) is 6.61 Å². The molecule has 0 amide bonds. The molecule has 0 aliphatic heterocycles. The van der Waals surface area contributed by atoms with Crippen molar-refractivity contribution in [2.24, 2.45) is 0 Å². The monoisotopic (exact) mass is 255 g/mol. The molecule has 2 aromatic carbocycles. The molecule has 19 heavy (non-hydrogen) atoms. The van der Waals surface area contributed by atoms with E-state index in [4.69, 9.17) is 4.74 Å². The molecule has 0 bridgehead atoms. The van der Waals surface area contributed by atoms with E-state index in [0.717, 1.165) is 16.5 Å². The number of ether oxygens (including phenoxy) is 1. The van der Waals surface area contributed by atoms with E-state index in [0.29, 0.717) is 12.4 Å². The topological polar surface area (TPSA) is 65.5 Å². The Kier molecular flexibility index (Phi) is 2.76. The van der Waals surface area contributed by atoms with Gasteiger partial charge in [0.2, 0.25) is 0 Å². The Hall–Kier alpha value is -2.62. The minimum atomic E-state index is 0.125. The maximum atomic E-state index is 9.62. The Morgan fingerprint density at radius 1 is 1.05 bits per heavy atom. The number of fused-ring (bicyclic) bond motifs is 1. The normalized spacial score (nSPS) is 10.7. The lowest BCUT2D eigenvalue weighted by Crippen LogP contribution is -1.94. The van der Waals surface area contributed by atoms with Gasteiger partial charge in [-0.3, -0.25) is 0 Å². The first kappa shape index (κ1) is 11.5. The number of phenolic OH excluding ortho intramolecular Hbond substituents is 2. The predicted molar refractivity (Wildman–Crippen MR) is 72.4 cm³/mol. The van der Waals surface area contributed by atoms with E-state index in [1.54, 1.807) is 30.3 Å². The van der Waals surface area contributed by atoms with Gasteiger partial charge in [-0.1, -0.05) is 12.1 Å². The zero-order chi connectivity index (χ0) is 13.2. The Labute approximate surface area is 109 Å². The Bertz CT molecular complexity index is 718. The Balaban J connectivity index is 1.84. The third-order valence-corrected chi connectivity index (χ3v) is 3.00. The van der Waals surface area contributed by atoms with Crippen LogP contribution >= 0.6 is 0 Å². The van der Waals surface area contributed by atoms with E-state index in [-0.39, 0.29) is 11.5 Å². The molecule has 0 aliphatic carbocycles. The zero-order valence-electron chi connectivity index (χ0n) is 10.1. The summed E-state index contributed by atoms with van der Waals surface area (Å²) in [4.78, 5) is 3.08. The molecule has 96 valence electrons. The third-order valence-electron chi connectivity index (χ3n) is 3.00. The minimum absolute atomic E-state index is 0.125. The summed E-state index contributed by atoms with van der Waals surface area (Å²) >= 11 is 0. The van der Waals surface area contributed by atoms with E-state index in [9.17, 15) is 10.2 Å². The van der Waals surface area contributed by atoms with Gasteiger partial charge in [-0.25, -0.2) is 0 Å². The van der Waals surface area contributed by atoms with Crippen molar-refractivity contribution in [2.75, 3.05) is 0 Å². The van der Waals surface area contributed by atoms with Gasteiger partial charge in [0, 0.05) is 28.7 Å². The average molecular weight is 255 g/mol. The van der Waals surface area contributed by atoms with Crippen LogP contribution in [0.15, 0.2) is 48.7 Å². The number of benzene rings is 2. The van der Waals surface area contributed by atoms with Crippen LogP contribution in [0.4, 0.5) is 0 Å². The van der Waals surface area contributed by atoms with Gasteiger partial charge in [-0.05, 0) is 24.3 Å². The quantitative estimate of drug-likeness (QED) is 0.673. The summed E-state index contributed by atoms with van der Waals surface area (Å²) < 4.78 is 5.59. The molecule has 0 atom stereocenters. The fourth-order valence-corrected chi connectivity index (χ4v) is 2.03. The molecule has 0 radical (unpaired) electrons. The highest BCUT2D eigenvalue weighted by Gasteiger charge is 2.06. The van der Waals surface area contributed by atoms with E-state index < -0.39 is 0 Å². The molecule has 3 N–H and O–H groups in total. The lowest BCUT2D eigenvalue weighted by Gasteiger charge is -2.06. The van der Waals surface area contributed by atoms with Crippen molar-refractivity contribution in [3.8, 4) is 17.2 Å². The highest BCUT2D eigenvalue weighted by molar-refractivity contribution is 5.84. The summed E-state index contributed by atoms with van der Waals surface area (Å²) in [6.07, 6.45) is 1.84. The molecule has 0 spiro atoms. The van der Waals surface area contributed by atoms with Crippen molar-refractivity contribution in [3.63, 3.8) is 0 Å². The Morgan fingerprint density at radius 2 is 1.89 bits per heavy atom. The number of aromatic amines is 1. The second-order valence-electron chi connectivity index (χ2n) is 4.30. The van der Waals surface area contributed by atoms with Crippen LogP contribution < -0.4 is 4.74 Å². The standard InChI is InChI=1S/C15H13NO3/c17-11-5-6-12-10(8-16-13(12)7-11)9-19-15-4-2-1-3-14(15)18/h1-8,16-18H,9H2. The first-order valence-electron chi connectivity index (χ1n) is 5.94. The second kappa shape index (κ2) is 4.57. The second-order valence-corrected chi connectivity index (χ2v) is 4.30. The molecule has 0 unspecified atom stereocenters. The highest BCUT2D eigenvalue weighted by Crippen LogP contribution is 2.27. The van der Waals surface area contributed by atoms with Crippen LogP contribution in [0, 0.1) is 0 Å². The maximum absolute atomic E-state index is 9.62. The first-order chi connectivity index (χ1) is 9.24. The number of rotatable bonds is 3. The molecule has 0 fully saturated rings. The Morgan fingerprint density at radius 3 is 2.74 bits per heavy atom. The molecule has 3 rings (SSSR count). The maximum Gasteiger partial charge on any atom is 0.161 e. The van der Waals surface area contributed by atoms with Gasteiger partial charge < -0.3 is 19.9 Å². The molecule has 3 aromatic rings. The summed E-state index contributed by atoms with van der Waals surface area (Å²) in [5.74, 6) is 0.804. The fraction of sp³-hybridized carbons (Fsp3) is 0.0667. The van der Waals surface area contributed by atoms with Gasteiger partial charge in [-0.15, -0.1) is 0 Å². The van der Waals surface area contributed by atoms with Gasteiger partial charge in [-0.2, -0.15) is 0 Å². The average Bonchev–Trinajstić information content (AvgIpc) is 2.80. The summed E-state index contributed by atoms with van der Waals surface area (Å²) in [5.41, 5.74) is 1.83. The van der Waals surface area contributed by atoms with Crippen molar-refractivity contribution < 1.29 is 14.9 Å². The van der Waals surface area contributed by atoms with Crippen molar-refractivity contribution in [1.82, 2.24) is 4.98 Å². The largest absolute Gasteiger partial charge is 0.508 e. The van der Waals surface area contributed by atoms with E-state index >= 15 is 0 Å². The van der Waals surface area contributed by atoms with Crippen LogP contribution in [0.3, 0.4) is 0 Å². The fourth-order valence-electron chi connectivity index (χ4n) is 2.03. The minimum Gasteiger partial charge on any atom is -0.508 e. The number of para-hydroxylation sites is 2. The van der Waals surface area contributed by atoms with Crippen molar-refractivity contribution >= 4 is 10.9 Å². The van der Waals surface area contributed by atoms with Crippen LogP contribution in [-0.4, -0.2) is 15.2 Å². The molecular weight excluding hydrogens is 242 g/mol. The number of phenols is 2. The van der Waals surface area contributed by atoms with E-state index in [2.05, 4.69) is 4.98 Å².